The van der Waals surface area contributed by atoms with Gasteiger partial charge in [0.2, 0.25) is 0 Å². The molecule has 0 amide bonds. The Hall–Kier alpha value is -1.84. The first-order chi connectivity index (χ1) is 10.2. The lowest BCUT2D eigenvalue weighted by atomic mass is 10.1. The van der Waals surface area contributed by atoms with Crippen LogP contribution in [0.15, 0.2) is 42.7 Å². The standard InChI is InChI=1S/C16H13Cl2N3/c1-2-10-8-13(3-4-14(10)18)21-16-15-11(5-6-19-16)7-12(17)9-20-15/h3-9H,2H2,1H3,(H,19,21). The van der Waals surface area contributed by atoms with Crippen LogP contribution in [0, 0.1) is 0 Å². The molecule has 2 heterocycles. The van der Waals surface area contributed by atoms with Crippen LogP contribution in [0.3, 0.4) is 0 Å². The maximum absolute atomic E-state index is 6.14. The molecule has 0 aliphatic carbocycles. The van der Waals surface area contributed by atoms with Gasteiger partial charge in [0.15, 0.2) is 5.82 Å². The molecule has 0 spiro atoms. The molecule has 0 unspecified atom stereocenters. The van der Waals surface area contributed by atoms with E-state index in [2.05, 4.69) is 22.2 Å². The van der Waals surface area contributed by atoms with E-state index in [-0.39, 0.29) is 0 Å². The highest BCUT2D eigenvalue weighted by atomic mass is 35.5. The van der Waals surface area contributed by atoms with E-state index in [1.165, 1.54) is 0 Å². The van der Waals surface area contributed by atoms with Gasteiger partial charge in [0.25, 0.3) is 0 Å². The lowest BCUT2D eigenvalue weighted by molar-refractivity contribution is 1.14. The van der Waals surface area contributed by atoms with Gasteiger partial charge in [0.1, 0.15) is 5.52 Å². The number of nitrogens with zero attached hydrogens (tertiary/aromatic N) is 2. The molecule has 1 N–H and O–H groups in total. The Balaban J connectivity index is 2.02. The van der Waals surface area contributed by atoms with Crippen LogP contribution in [0.1, 0.15) is 12.5 Å². The quantitative estimate of drug-likeness (QED) is 0.717. The maximum atomic E-state index is 6.14. The fourth-order valence-electron chi connectivity index (χ4n) is 2.18. The highest BCUT2D eigenvalue weighted by Gasteiger charge is 2.06. The molecule has 0 fully saturated rings. The average Bonchev–Trinajstić information content (AvgIpc) is 2.49. The number of hydrogen-bond acceptors (Lipinski definition) is 3. The monoisotopic (exact) mass is 317 g/mol. The molecule has 21 heavy (non-hydrogen) atoms. The fraction of sp³-hybridized carbons (Fsp3) is 0.125. The molecule has 106 valence electrons. The predicted molar refractivity (Wildman–Crippen MR) is 88.7 cm³/mol. The van der Waals surface area contributed by atoms with E-state index in [9.17, 15) is 0 Å². The van der Waals surface area contributed by atoms with Gasteiger partial charge in [-0.05, 0) is 42.3 Å². The van der Waals surface area contributed by atoms with Crippen LogP contribution in [-0.2, 0) is 6.42 Å². The van der Waals surface area contributed by atoms with Gasteiger partial charge in [-0.1, -0.05) is 30.1 Å². The minimum absolute atomic E-state index is 0.611. The van der Waals surface area contributed by atoms with E-state index in [1.54, 1.807) is 12.4 Å². The molecule has 5 heteroatoms. The Labute approximate surface area is 132 Å². The summed E-state index contributed by atoms with van der Waals surface area (Å²) in [5, 5.41) is 5.63. The lowest BCUT2D eigenvalue weighted by Gasteiger charge is -2.10. The SMILES string of the molecule is CCc1cc(Nc2nccc3cc(Cl)cnc23)ccc1Cl. The number of aromatic nitrogens is 2. The molecule has 3 aromatic rings. The second-order valence-corrected chi connectivity index (χ2v) is 5.51. The number of aryl methyl sites for hydroxylation is 1. The van der Waals surface area contributed by atoms with E-state index >= 15 is 0 Å². The smallest absolute Gasteiger partial charge is 0.156 e. The normalized spacial score (nSPS) is 10.8. The number of hydrogen-bond donors (Lipinski definition) is 1. The van der Waals surface area contributed by atoms with E-state index in [0.717, 1.165) is 33.6 Å². The van der Waals surface area contributed by atoms with Crippen LogP contribution in [0.25, 0.3) is 10.9 Å². The van der Waals surface area contributed by atoms with Crippen molar-refractivity contribution in [3.05, 3.63) is 58.3 Å². The summed E-state index contributed by atoms with van der Waals surface area (Å²) >= 11 is 12.1. The van der Waals surface area contributed by atoms with Crippen LogP contribution in [0.4, 0.5) is 11.5 Å². The van der Waals surface area contributed by atoms with Gasteiger partial charge in [0, 0.05) is 28.5 Å². The Kier molecular flexibility index (Phi) is 3.95. The number of halogens is 2. The van der Waals surface area contributed by atoms with Gasteiger partial charge in [-0.3, -0.25) is 4.98 Å². The number of rotatable bonds is 3. The van der Waals surface area contributed by atoms with E-state index in [0.29, 0.717) is 10.8 Å². The fourth-order valence-corrected chi connectivity index (χ4v) is 2.60. The van der Waals surface area contributed by atoms with Crippen molar-refractivity contribution in [1.82, 2.24) is 9.97 Å². The molecule has 0 bridgehead atoms. The van der Waals surface area contributed by atoms with Crippen molar-refractivity contribution in [2.45, 2.75) is 13.3 Å². The molecule has 0 saturated heterocycles. The first kappa shape index (κ1) is 14.1. The van der Waals surface area contributed by atoms with Gasteiger partial charge >= 0.3 is 0 Å². The average molecular weight is 318 g/mol. The second-order valence-electron chi connectivity index (χ2n) is 4.67. The molecule has 0 atom stereocenters. The van der Waals surface area contributed by atoms with Gasteiger partial charge in [0.05, 0.1) is 5.02 Å². The Bertz CT molecular complexity index is 803. The van der Waals surface area contributed by atoms with Crippen molar-refractivity contribution in [1.29, 1.82) is 0 Å². The van der Waals surface area contributed by atoms with Gasteiger partial charge in [-0.15, -0.1) is 0 Å². The van der Waals surface area contributed by atoms with Crippen molar-refractivity contribution in [2.24, 2.45) is 0 Å². The zero-order valence-electron chi connectivity index (χ0n) is 11.4. The molecule has 0 aliphatic heterocycles. The van der Waals surface area contributed by atoms with Gasteiger partial charge in [-0.25, -0.2) is 4.98 Å². The van der Waals surface area contributed by atoms with Gasteiger partial charge < -0.3 is 5.32 Å². The third-order valence-electron chi connectivity index (χ3n) is 3.26. The van der Waals surface area contributed by atoms with E-state index in [1.807, 2.05) is 30.3 Å². The van der Waals surface area contributed by atoms with Crippen LogP contribution in [0.2, 0.25) is 10.0 Å². The zero-order chi connectivity index (χ0) is 14.8. The Morgan fingerprint density at radius 1 is 1.10 bits per heavy atom. The molecular weight excluding hydrogens is 305 g/mol. The van der Waals surface area contributed by atoms with E-state index < -0.39 is 0 Å². The van der Waals surface area contributed by atoms with Crippen molar-refractivity contribution in [3.63, 3.8) is 0 Å². The van der Waals surface area contributed by atoms with Crippen LogP contribution in [0.5, 0.6) is 0 Å². The molecule has 1 aromatic carbocycles. The Morgan fingerprint density at radius 2 is 1.95 bits per heavy atom. The summed E-state index contributed by atoms with van der Waals surface area (Å²) in [4.78, 5) is 8.71. The molecular formula is C16H13Cl2N3. The summed E-state index contributed by atoms with van der Waals surface area (Å²) in [6.45, 7) is 2.07. The van der Waals surface area contributed by atoms with E-state index in [4.69, 9.17) is 23.2 Å². The minimum Gasteiger partial charge on any atom is -0.338 e. The third kappa shape index (κ3) is 2.94. The number of fused-ring (bicyclic) bond motifs is 1. The largest absolute Gasteiger partial charge is 0.338 e. The summed E-state index contributed by atoms with van der Waals surface area (Å²) in [5.41, 5.74) is 2.82. The summed E-state index contributed by atoms with van der Waals surface area (Å²) in [7, 11) is 0. The highest BCUT2D eigenvalue weighted by molar-refractivity contribution is 6.31. The summed E-state index contributed by atoms with van der Waals surface area (Å²) < 4.78 is 0. The first-order valence-electron chi connectivity index (χ1n) is 6.63. The molecule has 2 aromatic heterocycles. The summed E-state index contributed by atoms with van der Waals surface area (Å²) in [5.74, 6) is 0.702. The number of anilines is 2. The van der Waals surface area contributed by atoms with Crippen molar-refractivity contribution in [2.75, 3.05) is 5.32 Å². The molecule has 0 aliphatic rings. The molecule has 3 rings (SSSR count). The zero-order valence-corrected chi connectivity index (χ0v) is 12.9. The number of pyridine rings is 2. The van der Waals surface area contributed by atoms with Gasteiger partial charge in [-0.2, -0.15) is 0 Å². The first-order valence-corrected chi connectivity index (χ1v) is 7.38. The third-order valence-corrected chi connectivity index (χ3v) is 3.83. The van der Waals surface area contributed by atoms with Crippen molar-refractivity contribution >= 4 is 45.6 Å². The minimum atomic E-state index is 0.611. The Morgan fingerprint density at radius 3 is 2.76 bits per heavy atom. The number of nitrogens with one attached hydrogen (secondary N) is 1. The van der Waals surface area contributed by atoms with Crippen molar-refractivity contribution in [3.8, 4) is 0 Å². The summed E-state index contributed by atoms with van der Waals surface area (Å²) in [6, 6.07) is 9.60. The summed E-state index contributed by atoms with van der Waals surface area (Å²) in [6.07, 6.45) is 4.24. The lowest BCUT2D eigenvalue weighted by Crippen LogP contribution is -1.97. The van der Waals surface area contributed by atoms with Crippen molar-refractivity contribution < 1.29 is 0 Å². The predicted octanol–water partition coefficient (Wildman–Crippen LogP) is 5.24. The molecule has 0 saturated carbocycles. The molecule has 3 nitrogen and oxygen atoms in total. The topological polar surface area (TPSA) is 37.8 Å². The number of benzene rings is 1. The van der Waals surface area contributed by atoms with Crippen LogP contribution in [-0.4, -0.2) is 9.97 Å². The highest BCUT2D eigenvalue weighted by Crippen LogP contribution is 2.27. The molecule has 0 radical (unpaired) electrons. The van der Waals surface area contributed by atoms with Crippen LogP contribution < -0.4 is 5.32 Å². The second kappa shape index (κ2) is 5.88. The van der Waals surface area contributed by atoms with Crippen LogP contribution >= 0.6 is 23.2 Å². The maximum Gasteiger partial charge on any atom is 0.156 e.